The second-order valence-corrected chi connectivity index (χ2v) is 5.56. The second-order valence-electron chi connectivity index (χ2n) is 5.56. The van der Waals surface area contributed by atoms with Crippen molar-refractivity contribution in [1.82, 2.24) is 4.57 Å². The van der Waals surface area contributed by atoms with Crippen LogP contribution in [0.15, 0.2) is 36.4 Å². The number of carboxylic acids is 1. The zero-order valence-corrected chi connectivity index (χ0v) is 12.8. The molecule has 5 nitrogen and oxygen atoms in total. The van der Waals surface area contributed by atoms with E-state index in [1.807, 2.05) is 0 Å². The number of nitrogens with zero attached hydrogens (tertiary/aromatic N) is 1. The van der Waals surface area contributed by atoms with Crippen molar-refractivity contribution in [3.05, 3.63) is 47.5 Å². The summed E-state index contributed by atoms with van der Waals surface area (Å²) in [7, 11) is 0. The van der Waals surface area contributed by atoms with E-state index in [0.717, 1.165) is 21.8 Å². The van der Waals surface area contributed by atoms with Crippen molar-refractivity contribution < 1.29 is 19.5 Å². The molecule has 0 aliphatic rings. The number of carbonyl (C=O) groups is 3. The summed E-state index contributed by atoms with van der Waals surface area (Å²) in [6, 6.07) is 10.4. The van der Waals surface area contributed by atoms with E-state index in [2.05, 4.69) is 0 Å². The number of carbonyl (C=O) groups excluding carboxylic acids is 2. The molecular formula is C18H15NO4. The molecule has 0 saturated carbocycles. The number of ketones is 2. The van der Waals surface area contributed by atoms with Crippen LogP contribution in [0.4, 0.5) is 0 Å². The highest BCUT2D eigenvalue weighted by molar-refractivity contribution is 6.13. The van der Waals surface area contributed by atoms with Crippen molar-refractivity contribution in [2.75, 3.05) is 0 Å². The van der Waals surface area contributed by atoms with Crippen LogP contribution in [0.3, 0.4) is 0 Å². The average molecular weight is 309 g/mol. The molecule has 0 bridgehead atoms. The Labute approximate surface area is 132 Å². The van der Waals surface area contributed by atoms with Crippen molar-refractivity contribution >= 4 is 39.3 Å². The number of hydrogen-bond donors (Lipinski definition) is 1. The third kappa shape index (κ3) is 2.50. The zero-order chi connectivity index (χ0) is 16.7. The van der Waals surface area contributed by atoms with E-state index in [4.69, 9.17) is 5.11 Å². The summed E-state index contributed by atoms with van der Waals surface area (Å²) in [6.45, 7) is 2.79. The summed E-state index contributed by atoms with van der Waals surface area (Å²) in [5, 5.41) is 10.7. The van der Waals surface area contributed by atoms with Crippen molar-refractivity contribution in [2.45, 2.75) is 20.4 Å². The summed E-state index contributed by atoms with van der Waals surface area (Å²) in [5.41, 5.74) is 2.57. The maximum absolute atomic E-state index is 11.6. The standard InChI is InChI=1S/C18H15NO4/c1-10(20)12-3-5-16-14(7-12)15-8-13(11(2)21)4-6-17(15)19(16)9-18(22)23/h3-8H,9H2,1-2H3,(H,22,23). The first-order valence-electron chi connectivity index (χ1n) is 7.18. The Morgan fingerprint density at radius 1 is 0.870 bits per heavy atom. The molecule has 1 N–H and O–H groups in total. The van der Waals surface area contributed by atoms with Gasteiger partial charge in [-0.1, -0.05) is 0 Å². The molecule has 1 aromatic heterocycles. The van der Waals surface area contributed by atoms with Crippen LogP contribution in [-0.4, -0.2) is 27.2 Å². The summed E-state index contributed by atoms with van der Waals surface area (Å²) in [4.78, 5) is 34.4. The lowest BCUT2D eigenvalue weighted by Crippen LogP contribution is -2.08. The van der Waals surface area contributed by atoms with Crippen LogP contribution in [-0.2, 0) is 11.3 Å². The SMILES string of the molecule is CC(=O)c1ccc2c(c1)c1cc(C(C)=O)ccc1n2CC(=O)O. The predicted octanol–water partition coefficient (Wildman–Crippen LogP) is 3.28. The summed E-state index contributed by atoms with van der Waals surface area (Å²) in [6.07, 6.45) is 0. The van der Waals surface area contributed by atoms with Gasteiger partial charge < -0.3 is 9.67 Å². The smallest absolute Gasteiger partial charge is 0.323 e. The highest BCUT2D eigenvalue weighted by atomic mass is 16.4. The molecule has 116 valence electrons. The minimum Gasteiger partial charge on any atom is -0.480 e. The van der Waals surface area contributed by atoms with E-state index in [-0.39, 0.29) is 18.1 Å². The molecule has 3 rings (SSSR count). The molecule has 23 heavy (non-hydrogen) atoms. The van der Waals surface area contributed by atoms with Crippen LogP contribution >= 0.6 is 0 Å². The summed E-state index contributed by atoms with van der Waals surface area (Å²) < 4.78 is 1.68. The lowest BCUT2D eigenvalue weighted by Gasteiger charge is -2.04. The fourth-order valence-electron chi connectivity index (χ4n) is 2.85. The fraction of sp³-hybridized carbons (Fsp3) is 0.167. The Morgan fingerprint density at radius 3 is 1.65 bits per heavy atom. The molecule has 2 aromatic carbocycles. The van der Waals surface area contributed by atoms with Gasteiger partial charge in [0.25, 0.3) is 0 Å². The monoisotopic (exact) mass is 309 g/mol. The Morgan fingerprint density at radius 2 is 1.30 bits per heavy atom. The van der Waals surface area contributed by atoms with Gasteiger partial charge in [0.05, 0.1) is 0 Å². The highest BCUT2D eigenvalue weighted by Gasteiger charge is 2.15. The zero-order valence-electron chi connectivity index (χ0n) is 12.8. The first-order valence-corrected chi connectivity index (χ1v) is 7.18. The molecule has 5 heteroatoms. The maximum Gasteiger partial charge on any atom is 0.323 e. The van der Waals surface area contributed by atoms with Gasteiger partial charge in [-0.3, -0.25) is 14.4 Å². The number of benzene rings is 2. The van der Waals surface area contributed by atoms with Crippen LogP contribution in [0.25, 0.3) is 21.8 Å². The third-order valence-corrected chi connectivity index (χ3v) is 3.97. The van der Waals surface area contributed by atoms with Gasteiger partial charge in [0.1, 0.15) is 6.54 Å². The number of hydrogen-bond acceptors (Lipinski definition) is 3. The first-order chi connectivity index (χ1) is 10.9. The summed E-state index contributed by atoms with van der Waals surface area (Å²) >= 11 is 0. The van der Waals surface area contributed by atoms with E-state index in [1.165, 1.54) is 13.8 Å². The Hall–Kier alpha value is -2.95. The van der Waals surface area contributed by atoms with E-state index in [1.54, 1.807) is 41.0 Å². The molecule has 0 atom stereocenters. The lowest BCUT2D eigenvalue weighted by molar-refractivity contribution is -0.137. The largest absolute Gasteiger partial charge is 0.480 e. The predicted molar refractivity (Wildman–Crippen MR) is 87.1 cm³/mol. The number of Topliss-reactive ketones (excluding diaryl/α,β-unsaturated/α-hetero) is 2. The molecule has 0 fully saturated rings. The normalized spacial score (nSPS) is 11.0. The van der Waals surface area contributed by atoms with Gasteiger partial charge >= 0.3 is 5.97 Å². The third-order valence-electron chi connectivity index (χ3n) is 3.97. The molecule has 1 heterocycles. The van der Waals surface area contributed by atoms with Crippen molar-refractivity contribution in [3.63, 3.8) is 0 Å². The van der Waals surface area contributed by atoms with Gasteiger partial charge in [0.2, 0.25) is 0 Å². The van der Waals surface area contributed by atoms with Crippen LogP contribution in [0.5, 0.6) is 0 Å². The fourth-order valence-corrected chi connectivity index (χ4v) is 2.85. The molecular weight excluding hydrogens is 294 g/mol. The molecule has 0 aliphatic carbocycles. The number of aromatic nitrogens is 1. The first kappa shape index (κ1) is 15.0. The van der Waals surface area contributed by atoms with Gasteiger partial charge in [0.15, 0.2) is 11.6 Å². The molecule has 0 saturated heterocycles. The number of carboxylic acid groups (broad SMARTS) is 1. The van der Waals surface area contributed by atoms with Crippen molar-refractivity contribution in [1.29, 1.82) is 0 Å². The summed E-state index contributed by atoms with van der Waals surface area (Å²) in [5.74, 6) is -1.07. The maximum atomic E-state index is 11.6. The molecule has 3 aromatic rings. The lowest BCUT2D eigenvalue weighted by atomic mass is 10.0. The number of rotatable bonds is 4. The van der Waals surface area contributed by atoms with E-state index < -0.39 is 5.97 Å². The number of aliphatic carboxylic acids is 1. The minimum atomic E-state index is -0.949. The van der Waals surface area contributed by atoms with Gasteiger partial charge in [-0.2, -0.15) is 0 Å². The highest BCUT2D eigenvalue weighted by Crippen LogP contribution is 2.31. The van der Waals surface area contributed by atoms with E-state index >= 15 is 0 Å². The van der Waals surface area contributed by atoms with E-state index in [9.17, 15) is 14.4 Å². The van der Waals surface area contributed by atoms with Crippen LogP contribution < -0.4 is 0 Å². The van der Waals surface area contributed by atoms with Gasteiger partial charge in [-0.25, -0.2) is 0 Å². The van der Waals surface area contributed by atoms with Crippen molar-refractivity contribution in [3.8, 4) is 0 Å². The molecule has 0 amide bonds. The van der Waals surface area contributed by atoms with Crippen LogP contribution in [0.2, 0.25) is 0 Å². The van der Waals surface area contributed by atoms with Crippen LogP contribution in [0.1, 0.15) is 34.6 Å². The molecule has 0 radical (unpaired) electrons. The quantitative estimate of drug-likeness (QED) is 0.750. The average Bonchev–Trinajstić information content (AvgIpc) is 2.80. The molecule has 0 spiro atoms. The molecule has 0 aliphatic heterocycles. The topological polar surface area (TPSA) is 76.4 Å². The van der Waals surface area contributed by atoms with Gasteiger partial charge in [-0.15, -0.1) is 0 Å². The Bertz CT molecular complexity index is 910. The second kappa shape index (κ2) is 5.35. The van der Waals surface area contributed by atoms with Gasteiger partial charge in [0, 0.05) is 32.9 Å². The Kier molecular flexibility index (Phi) is 3.48. The Balaban J connectivity index is 2.42. The molecule has 0 unspecified atom stereocenters. The van der Waals surface area contributed by atoms with Crippen molar-refractivity contribution in [2.24, 2.45) is 0 Å². The van der Waals surface area contributed by atoms with Gasteiger partial charge in [-0.05, 0) is 50.2 Å². The minimum absolute atomic E-state index is 0.0613. The van der Waals surface area contributed by atoms with Crippen LogP contribution in [0, 0.1) is 0 Å². The number of fused-ring (bicyclic) bond motifs is 3. The van der Waals surface area contributed by atoms with E-state index in [0.29, 0.717) is 11.1 Å².